The van der Waals surface area contributed by atoms with Crippen molar-refractivity contribution in [1.82, 2.24) is 9.97 Å². The maximum Gasteiger partial charge on any atom is 0.116 e. The summed E-state index contributed by atoms with van der Waals surface area (Å²) in [5, 5.41) is 4.51. The van der Waals surface area contributed by atoms with E-state index in [2.05, 4.69) is 138 Å². The van der Waals surface area contributed by atoms with Crippen molar-refractivity contribution in [3.05, 3.63) is 144 Å². The van der Waals surface area contributed by atoms with E-state index in [4.69, 9.17) is 9.97 Å². The summed E-state index contributed by atoms with van der Waals surface area (Å²) in [4.78, 5) is 11.9. The van der Waals surface area contributed by atoms with Crippen molar-refractivity contribution in [1.29, 1.82) is 0 Å². The molecule has 0 aliphatic carbocycles. The van der Waals surface area contributed by atoms with Crippen LogP contribution in [0.1, 0.15) is 0 Å². The Kier molecular flexibility index (Phi) is 6.62. The zero-order chi connectivity index (χ0) is 26.7. The third-order valence-corrected chi connectivity index (χ3v) is 9.01. The van der Waals surface area contributed by atoms with Gasteiger partial charge in [-0.05, 0) is 39.1 Å². The molecule has 0 aliphatic rings. The molecule has 0 spiro atoms. The van der Waals surface area contributed by atoms with Crippen molar-refractivity contribution in [2.45, 2.75) is 0 Å². The second-order valence-corrected chi connectivity index (χ2v) is 11.2. The maximum atomic E-state index is 4.80. The van der Waals surface area contributed by atoms with Crippen LogP contribution < -0.4 is 0 Å². The van der Waals surface area contributed by atoms with Gasteiger partial charge in [0.05, 0.1) is 21.1 Å². The minimum absolute atomic E-state index is 0.935. The summed E-state index contributed by atoms with van der Waals surface area (Å²) < 4.78 is 0. The van der Waals surface area contributed by atoms with E-state index in [1.54, 1.807) is 29.0 Å². The van der Waals surface area contributed by atoms with Gasteiger partial charge in [-0.15, -0.1) is 22.7 Å². The van der Waals surface area contributed by atoms with Crippen molar-refractivity contribution < 1.29 is 0 Å². The second kappa shape index (κ2) is 10.9. The summed E-state index contributed by atoms with van der Waals surface area (Å²) in [6, 6.07) is 44.6. The second-order valence-electron chi connectivity index (χ2n) is 9.46. The lowest BCUT2D eigenvalue weighted by atomic mass is 9.95. The van der Waals surface area contributed by atoms with Gasteiger partial charge in [-0.3, -0.25) is 0 Å². The molecule has 0 atom stereocenters. The van der Waals surface area contributed by atoms with Crippen molar-refractivity contribution in [2.75, 3.05) is 0 Å². The Morgan fingerprint density at radius 2 is 0.750 bits per heavy atom. The Morgan fingerprint density at radius 1 is 0.400 bits per heavy atom. The molecule has 0 fully saturated rings. The molecule has 0 aliphatic heterocycles. The van der Waals surface area contributed by atoms with Gasteiger partial charge < -0.3 is 0 Å². The van der Waals surface area contributed by atoms with Crippen LogP contribution in [0.2, 0.25) is 0 Å². The number of aromatic nitrogens is 2. The summed E-state index contributed by atoms with van der Waals surface area (Å²) in [7, 11) is 0. The zero-order valence-corrected chi connectivity index (χ0v) is 23.2. The fourth-order valence-electron chi connectivity index (χ4n) is 5.14. The summed E-state index contributed by atoms with van der Waals surface area (Å²) >= 11 is 3.48. The number of nitrogens with zero attached hydrogens (tertiary/aromatic N) is 2. The first-order valence-electron chi connectivity index (χ1n) is 13.1. The lowest BCUT2D eigenvalue weighted by molar-refractivity contribution is 1.19. The summed E-state index contributed by atoms with van der Waals surface area (Å²) in [6.45, 7) is 0. The first-order chi connectivity index (χ1) is 19.9. The van der Waals surface area contributed by atoms with Crippen LogP contribution >= 0.6 is 22.7 Å². The number of rotatable bonds is 6. The molecule has 0 N–H and O–H groups in total. The highest BCUT2D eigenvalue weighted by Gasteiger charge is 2.21. The van der Waals surface area contributed by atoms with Crippen LogP contribution in [0.4, 0.5) is 0 Å². The van der Waals surface area contributed by atoms with Gasteiger partial charge in [-0.25, -0.2) is 9.97 Å². The number of hydrogen-bond acceptors (Lipinski definition) is 4. The Hall–Kier alpha value is -4.64. The molecule has 7 rings (SSSR count). The minimum atomic E-state index is 0.935. The first kappa shape index (κ1) is 24.4. The van der Waals surface area contributed by atoms with E-state index in [0.717, 1.165) is 21.1 Å². The van der Waals surface area contributed by atoms with Gasteiger partial charge in [-0.1, -0.05) is 121 Å². The summed E-state index contributed by atoms with van der Waals surface area (Å²) in [6.07, 6.45) is 1.71. The maximum absolute atomic E-state index is 4.80. The summed E-state index contributed by atoms with van der Waals surface area (Å²) in [5.41, 5.74) is 11.5. The quantitative estimate of drug-likeness (QED) is 0.207. The predicted molar refractivity (Wildman–Crippen MR) is 170 cm³/mol. The minimum Gasteiger partial charge on any atom is -0.235 e. The molecule has 0 radical (unpaired) electrons. The van der Waals surface area contributed by atoms with E-state index in [1.807, 2.05) is 0 Å². The molecule has 40 heavy (non-hydrogen) atoms. The molecule has 0 saturated carbocycles. The Labute approximate surface area is 241 Å². The average molecular weight is 549 g/mol. The van der Waals surface area contributed by atoms with Crippen molar-refractivity contribution in [2.24, 2.45) is 0 Å². The van der Waals surface area contributed by atoms with Crippen molar-refractivity contribution in [3.8, 4) is 65.6 Å². The molecule has 190 valence electrons. The molecule has 7 aromatic rings. The molecule has 0 bridgehead atoms. The molecular formula is C36H24N2S2. The highest BCUT2D eigenvalue weighted by atomic mass is 32.1. The van der Waals surface area contributed by atoms with Gasteiger partial charge in [0.25, 0.3) is 0 Å². The van der Waals surface area contributed by atoms with Crippen LogP contribution in [0.15, 0.2) is 144 Å². The van der Waals surface area contributed by atoms with Crippen molar-refractivity contribution >= 4 is 22.7 Å². The normalized spacial score (nSPS) is 11.0. The van der Waals surface area contributed by atoms with Gasteiger partial charge in [0, 0.05) is 22.3 Å². The average Bonchev–Trinajstić information content (AvgIpc) is 3.69. The molecule has 4 aromatic carbocycles. The molecule has 4 heteroatoms. The molecule has 3 aromatic heterocycles. The van der Waals surface area contributed by atoms with Gasteiger partial charge in [0.2, 0.25) is 0 Å². The van der Waals surface area contributed by atoms with E-state index in [0.29, 0.717) is 0 Å². The fourth-order valence-corrected chi connectivity index (χ4v) is 7.28. The zero-order valence-electron chi connectivity index (χ0n) is 21.6. The third-order valence-electron chi connectivity index (χ3n) is 7.01. The van der Waals surface area contributed by atoms with E-state index >= 15 is 0 Å². The van der Waals surface area contributed by atoms with Gasteiger partial charge in [0.1, 0.15) is 6.33 Å². The lowest BCUT2D eigenvalue weighted by Crippen LogP contribution is -1.91. The van der Waals surface area contributed by atoms with Crippen LogP contribution in [0.25, 0.3) is 65.6 Å². The van der Waals surface area contributed by atoms with E-state index in [9.17, 15) is 0 Å². The highest BCUT2D eigenvalue weighted by molar-refractivity contribution is 7.15. The van der Waals surface area contributed by atoms with Crippen LogP contribution in [-0.4, -0.2) is 9.97 Å². The molecule has 3 heterocycles. The van der Waals surface area contributed by atoms with Gasteiger partial charge in [0.15, 0.2) is 0 Å². The highest BCUT2D eigenvalue weighted by Crippen LogP contribution is 2.47. The van der Waals surface area contributed by atoms with Gasteiger partial charge in [-0.2, -0.15) is 0 Å². The Balaban J connectivity index is 1.40. The monoisotopic (exact) mass is 548 g/mol. The smallest absolute Gasteiger partial charge is 0.116 e. The van der Waals surface area contributed by atoms with Crippen LogP contribution in [0, 0.1) is 0 Å². The first-order valence-corrected chi connectivity index (χ1v) is 14.9. The molecule has 0 amide bonds. The van der Waals surface area contributed by atoms with E-state index in [-0.39, 0.29) is 0 Å². The third kappa shape index (κ3) is 4.58. The van der Waals surface area contributed by atoms with Crippen LogP contribution in [0.5, 0.6) is 0 Å². The van der Waals surface area contributed by atoms with Crippen molar-refractivity contribution in [3.63, 3.8) is 0 Å². The fraction of sp³-hybridized carbons (Fsp3) is 0. The standard InChI is InChI=1S/C36H24N2S2/c1-5-13-25(14-6-1)29-22-39-35(33(29)27-17-9-3-10-18-27)31-21-32(38-24-37-31)36-34(28-19-11-4-12-20-28)30(23-40-36)26-15-7-2-8-16-26/h1-24H. The Morgan fingerprint density at radius 3 is 1.12 bits per heavy atom. The number of hydrogen-bond donors (Lipinski definition) is 0. The van der Waals surface area contributed by atoms with Crippen LogP contribution in [0.3, 0.4) is 0 Å². The van der Waals surface area contributed by atoms with E-state index < -0.39 is 0 Å². The summed E-state index contributed by atoms with van der Waals surface area (Å²) in [5.74, 6) is 0. The molecular weight excluding hydrogens is 525 g/mol. The SMILES string of the molecule is c1ccc(-c2csc(-c3cc(-c4scc(-c5ccccc5)c4-c4ccccc4)ncn3)c2-c2ccccc2)cc1. The van der Waals surface area contributed by atoms with Gasteiger partial charge >= 0.3 is 0 Å². The molecule has 0 saturated heterocycles. The number of thiophene rings is 2. The van der Waals surface area contributed by atoms with E-state index in [1.165, 1.54) is 44.5 Å². The molecule has 2 nitrogen and oxygen atoms in total. The Bertz CT molecular complexity index is 1740. The lowest BCUT2D eigenvalue weighted by Gasteiger charge is -2.11. The largest absolute Gasteiger partial charge is 0.235 e. The molecule has 0 unspecified atom stereocenters. The topological polar surface area (TPSA) is 25.8 Å². The predicted octanol–water partition coefficient (Wildman–Crippen LogP) is 10.6. The van der Waals surface area contributed by atoms with Crippen LogP contribution in [-0.2, 0) is 0 Å². The number of benzene rings is 4.